The number of aliphatic carboxylic acids is 1. The molecule has 20 heavy (non-hydrogen) atoms. The van der Waals surface area contributed by atoms with Crippen LogP contribution in [0.1, 0.15) is 12.5 Å². The molecule has 0 saturated carbocycles. The molecule has 1 unspecified atom stereocenters. The summed E-state index contributed by atoms with van der Waals surface area (Å²) in [6, 6.07) is 6.57. The van der Waals surface area contributed by atoms with Crippen molar-refractivity contribution in [3.05, 3.63) is 29.8 Å². The van der Waals surface area contributed by atoms with E-state index in [4.69, 9.17) is 5.11 Å². The van der Waals surface area contributed by atoms with Crippen LogP contribution in [0.3, 0.4) is 0 Å². The number of amides is 2. The van der Waals surface area contributed by atoms with Gasteiger partial charge in [-0.3, -0.25) is 4.79 Å². The highest BCUT2D eigenvalue weighted by Crippen LogP contribution is 2.11. The number of carbonyl (C=O) groups excluding carboxylic acids is 1. The summed E-state index contributed by atoms with van der Waals surface area (Å²) in [6.45, 7) is 2.69. The molecule has 2 amide bonds. The number of nitrogens with one attached hydrogen (secondary N) is 2. The van der Waals surface area contributed by atoms with E-state index in [1.807, 2.05) is 6.26 Å². The second-order valence-electron chi connectivity index (χ2n) is 4.67. The van der Waals surface area contributed by atoms with Crippen molar-refractivity contribution in [1.29, 1.82) is 0 Å². The molecule has 0 aromatic heterocycles. The molecule has 110 valence electrons. The van der Waals surface area contributed by atoms with E-state index in [0.717, 1.165) is 5.75 Å². The lowest BCUT2D eigenvalue weighted by molar-refractivity contribution is -0.136. The van der Waals surface area contributed by atoms with E-state index >= 15 is 0 Å². The zero-order valence-corrected chi connectivity index (χ0v) is 12.5. The van der Waals surface area contributed by atoms with E-state index in [0.29, 0.717) is 23.7 Å². The summed E-state index contributed by atoms with van der Waals surface area (Å²) in [5.74, 6) is 0.514. The van der Waals surface area contributed by atoms with E-state index in [2.05, 4.69) is 17.6 Å². The standard InChI is InChI=1S/C14H20N2O3S/c1-10(9-20-2)8-15-14(19)16-12-5-3-4-11(6-12)7-13(17)18/h3-6,10H,7-9H2,1-2H3,(H,17,18)(H2,15,16,19). The Morgan fingerprint density at radius 1 is 1.40 bits per heavy atom. The smallest absolute Gasteiger partial charge is 0.319 e. The van der Waals surface area contributed by atoms with Gasteiger partial charge in [-0.1, -0.05) is 19.1 Å². The number of hydrogen-bond donors (Lipinski definition) is 3. The number of hydrogen-bond acceptors (Lipinski definition) is 3. The normalized spacial score (nSPS) is 11.7. The Bertz CT molecular complexity index is 465. The van der Waals surface area contributed by atoms with Gasteiger partial charge in [0.25, 0.3) is 0 Å². The number of urea groups is 1. The van der Waals surface area contributed by atoms with Gasteiger partial charge < -0.3 is 15.7 Å². The number of carboxylic acid groups (broad SMARTS) is 1. The number of benzene rings is 1. The van der Waals surface area contributed by atoms with Gasteiger partial charge in [0.05, 0.1) is 6.42 Å². The Hall–Kier alpha value is -1.69. The Morgan fingerprint density at radius 2 is 2.15 bits per heavy atom. The summed E-state index contributed by atoms with van der Waals surface area (Å²) in [6.07, 6.45) is 1.98. The number of thioether (sulfide) groups is 1. The molecular formula is C14H20N2O3S. The highest BCUT2D eigenvalue weighted by atomic mass is 32.2. The van der Waals surface area contributed by atoms with Crippen LogP contribution >= 0.6 is 11.8 Å². The summed E-state index contributed by atoms with van der Waals surface area (Å²) in [5, 5.41) is 14.2. The molecule has 0 aliphatic heterocycles. The molecular weight excluding hydrogens is 276 g/mol. The van der Waals surface area contributed by atoms with Crippen LogP contribution in [0.25, 0.3) is 0 Å². The van der Waals surface area contributed by atoms with Gasteiger partial charge >= 0.3 is 12.0 Å². The lowest BCUT2D eigenvalue weighted by Gasteiger charge is -2.12. The maximum atomic E-state index is 11.7. The predicted molar refractivity (Wildman–Crippen MR) is 82.3 cm³/mol. The predicted octanol–water partition coefficient (Wildman–Crippen LogP) is 2.43. The second-order valence-corrected chi connectivity index (χ2v) is 5.58. The zero-order valence-electron chi connectivity index (χ0n) is 11.7. The molecule has 3 N–H and O–H groups in total. The SMILES string of the molecule is CSCC(C)CNC(=O)Nc1cccc(CC(=O)O)c1. The van der Waals surface area contributed by atoms with Crippen LogP contribution in [-0.2, 0) is 11.2 Å². The molecule has 0 radical (unpaired) electrons. The number of anilines is 1. The maximum absolute atomic E-state index is 11.7. The molecule has 0 heterocycles. The van der Waals surface area contributed by atoms with Crippen molar-refractivity contribution in [2.45, 2.75) is 13.3 Å². The summed E-state index contributed by atoms with van der Waals surface area (Å²) in [4.78, 5) is 22.3. The van der Waals surface area contributed by atoms with Gasteiger partial charge in [-0.25, -0.2) is 4.79 Å². The van der Waals surface area contributed by atoms with Crippen LogP contribution in [0, 0.1) is 5.92 Å². The van der Waals surface area contributed by atoms with Gasteiger partial charge in [-0.05, 0) is 35.6 Å². The van der Waals surface area contributed by atoms with Crippen molar-refractivity contribution in [1.82, 2.24) is 5.32 Å². The summed E-state index contributed by atoms with van der Waals surface area (Å²) in [7, 11) is 0. The maximum Gasteiger partial charge on any atom is 0.319 e. The van der Waals surface area contributed by atoms with Crippen LogP contribution in [-0.4, -0.2) is 35.7 Å². The lowest BCUT2D eigenvalue weighted by Crippen LogP contribution is -2.33. The van der Waals surface area contributed by atoms with Crippen molar-refractivity contribution in [2.75, 3.05) is 23.9 Å². The van der Waals surface area contributed by atoms with Crippen molar-refractivity contribution in [2.24, 2.45) is 5.92 Å². The molecule has 5 nitrogen and oxygen atoms in total. The minimum absolute atomic E-state index is 0.0537. The van der Waals surface area contributed by atoms with Gasteiger partial charge in [-0.15, -0.1) is 0 Å². The van der Waals surface area contributed by atoms with E-state index in [-0.39, 0.29) is 12.5 Å². The van der Waals surface area contributed by atoms with Gasteiger partial charge in [0.2, 0.25) is 0 Å². The number of carboxylic acids is 1. The summed E-state index contributed by atoms with van der Waals surface area (Å²) >= 11 is 1.75. The number of carbonyl (C=O) groups is 2. The molecule has 0 fully saturated rings. The lowest BCUT2D eigenvalue weighted by atomic mass is 10.1. The third-order valence-corrected chi connectivity index (χ3v) is 3.50. The molecule has 0 spiro atoms. The molecule has 0 aliphatic rings. The van der Waals surface area contributed by atoms with Crippen molar-refractivity contribution >= 4 is 29.4 Å². The van der Waals surface area contributed by atoms with Crippen molar-refractivity contribution in [3.63, 3.8) is 0 Å². The van der Waals surface area contributed by atoms with E-state index < -0.39 is 5.97 Å². The van der Waals surface area contributed by atoms with E-state index in [9.17, 15) is 9.59 Å². The fraction of sp³-hybridized carbons (Fsp3) is 0.429. The largest absolute Gasteiger partial charge is 0.481 e. The van der Waals surface area contributed by atoms with Crippen LogP contribution in [0.4, 0.5) is 10.5 Å². The first kappa shape index (κ1) is 16.4. The van der Waals surface area contributed by atoms with Gasteiger partial charge in [-0.2, -0.15) is 11.8 Å². The van der Waals surface area contributed by atoms with Crippen molar-refractivity contribution in [3.8, 4) is 0 Å². The topological polar surface area (TPSA) is 78.4 Å². The highest BCUT2D eigenvalue weighted by molar-refractivity contribution is 7.98. The van der Waals surface area contributed by atoms with Gasteiger partial charge in [0, 0.05) is 12.2 Å². The molecule has 0 bridgehead atoms. The molecule has 1 aromatic rings. The highest BCUT2D eigenvalue weighted by Gasteiger charge is 2.06. The Morgan fingerprint density at radius 3 is 2.80 bits per heavy atom. The zero-order chi connectivity index (χ0) is 15.0. The van der Waals surface area contributed by atoms with Crippen LogP contribution < -0.4 is 10.6 Å². The average Bonchev–Trinajstić information content (AvgIpc) is 2.36. The molecule has 1 rings (SSSR count). The molecule has 0 saturated heterocycles. The molecule has 0 aliphatic carbocycles. The first-order chi connectivity index (χ1) is 9.51. The van der Waals surface area contributed by atoms with Crippen LogP contribution in [0.5, 0.6) is 0 Å². The quantitative estimate of drug-likeness (QED) is 0.722. The molecule has 1 aromatic carbocycles. The summed E-state index contributed by atoms with van der Waals surface area (Å²) in [5.41, 5.74) is 1.25. The fourth-order valence-electron chi connectivity index (χ4n) is 1.72. The third-order valence-electron chi connectivity index (χ3n) is 2.60. The Kier molecular flexibility index (Phi) is 6.93. The monoisotopic (exact) mass is 296 g/mol. The van der Waals surface area contributed by atoms with E-state index in [1.54, 1.807) is 36.0 Å². The first-order valence-corrected chi connectivity index (χ1v) is 7.75. The second kappa shape index (κ2) is 8.47. The summed E-state index contributed by atoms with van der Waals surface area (Å²) < 4.78 is 0. The average molecular weight is 296 g/mol. The third kappa shape index (κ3) is 6.47. The van der Waals surface area contributed by atoms with Crippen LogP contribution in [0.2, 0.25) is 0 Å². The molecule has 1 atom stereocenters. The van der Waals surface area contributed by atoms with Crippen molar-refractivity contribution < 1.29 is 14.7 Å². The van der Waals surface area contributed by atoms with E-state index in [1.165, 1.54) is 0 Å². The van der Waals surface area contributed by atoms with Crippen LogP contribution in [0.15, 0.2) is 24.3 Å². The Labute approximate surface area is 123 Å². The first-order valence-electron chi connectivity index (χ1n) is 6.35. The van der Waals surface area contributed by atoms with Gasteiger partial charge in [0.1, 0.15) is 0 Å². The minimum atomic E-state index is -0.891. The van der Waals surface area contributed by atoms with Gasteiger partial charge in [0.15, 0.2) is 0 Å². The minimum Gasteiger partial charge on any atom is -0.481 e. The number of rotatable bonds is 7. The Balaban J connectivity index is 2.47. The molecule has 6 heteroatoms. The fourth-order valence-corrected chi connectivity index (χ4v) is 2.41.